The van der Waals surface area contributed by atoms with Gasteiger partial charge in [-0.2, -0.15) is 0 Å². The molecule has 0 saturated heterocycles. The standard InChI is InChI=1S/C17H20O2/c1-12-6-4-7-13(2)16(12)11-19-17-14(3)8-5-9-15(17)10-18/h4-9,18H,10-11H2,1-3H3. The number of benzene rings is 2. The Labute approximate surface area is 114 Å². The van der Waals surface area contributed by atoms with Crippen molar-refractivity contribution < 1.29 is 9.84 Å². The molecule has 0 saturated carbocycles. The van der Waals surface area contributed by atoms with E-state index < -0.39 is 0 Å². The van der Waals surface area contributed by atoms with Crippen LogP contribution in [0.1, 0.15) is 27.8 Å². The Morgan fingerprint density at radius 1 is 0.895 bits per heavy atom. The van der Waals surface area contributed by atoms with Crippen molar-refractivity contribution in [1.82, 2.24) is 0 Å². The average molecular weight is 256 g/mol. The molecule has 19 heavy (non-hydrogen) atoms. The van der Waals surface area contributed by atoms with Gasteiger partial charge in [0.25, 0.3) is 0 Å². The van der Waals surface area contributed by atoms with Gasteiger partial charge in [0, 0.05) is 5.56 Å². The van der Waals surface area contributed by atoms with E-state index in [-0.39, 0.29) is 6.61 Å². The minimum Gasteiger partial charge on any atom is -0.488 e. The third-order valence-corrected chi connectivity index (χ3v) is 3.47. The van der Waals surface area contributed by atoms with Crippen LogP contribution < -0.4 is 4.74 Å². The number of aliphatic hydroxyl groups is 1. The highest BCUT2D eigenvalue weighted by Crippen LogP contribution is 2.25. The molecule has 2 heteroatoms. The van der Waals surface area contributed by atoms with E-state index in [1.165, 1.54) is 16.7 Å². The number of hydrogen-bond acceptors (Lipinski definition) is 2. The van der Waals surface area contributed by atoms with Crippen molar-refractivity contribution in [3.8, 4) is 5.75 Å². The minimum absolute atomic E-state index is 0.00374. The fourth-order valence-electron chi connectivity index (χ4n) is 2.27. The fourth-order valence-corrected chi connectivity index (χ4v) is 2.27. The molecule has 100 valence electrons. The average Bonchev–Trinajstić information content (AvgIpc) is 2.39. The van der Waals surface area contributed by atoms with Gasteiger partial charge in [0.15, 0.2) is 0 Å². The molecule has 0 atom stereocenters. The van der Waals surface area contributed by atoms with Gasteiger partial charge in [-0.3, -0.25) is 0 Å². The van der Waals surface area contributed by atoms with Gasteiger partial charge in [0.1, 0.15) is 12.4 Å². The summed E-state index contributed by atoms with van der Waals surface area (Å²) < 4.78 is 5.95. The third-order valence-electron chi connectivity index (χ3n) is 3.47. The zero-order chi connectivity index (χ0) is 13.8. The van der Waals surface area contributed by atoms with Crippen LogP contribution in [0.2, 0.25) is 0 Å². The molecule has 0 bridgehead atoms. The van der Waals surface area contributed by atoms with Crippen molar-refractivity contribution in [2.75, 3.05) is 0 Å². The van der Waals surface area contributed by atoms with Gasteiger partial charge in [-0.25, -0.2) is 0 Å². The Bertz CT molecular complexity index is 553. The molecule has 2 aromatic rings. The van der Waals surface area contributed by atoms with E-state index >= 15 is 0 Å². The Morgan fingerprint density at radius 2 is 1.47 bits per heavy atom. The first-order valence-electron chi connectivity index (χ1n) is 6.50. The molecular weight excluding hydrogens is 236 g/mol. The summed E-state index contributed by atoms with van der Waals surface area (Å²) in [6.07, 6.45) is 0. The lowest BCUT2D eigenvalue weighted by Gasteiger charge is -2.15. The number of hydrogen-bond donors (Lipinski definition) is 1. The van der Waals surface area contributed by atoms with E-state index in [0.717, 1.165) is 16.9 Å². The molecule has 0 unspecified atom stereocenters. The monoisotopic (exact) mass is 256 g/mol. The van der Waals surface area contributed by atoms with Gasteiger partial charge in [-0.1, -0.05) is 36.4 Å². The van der Waals surface area contributed by atoms with Crippen LogP contribution in [0.4, 0.5) is 0 Å². The van der Waals surface area contributed by atoms with E-state index in [1.54, 1.807) is 0 Å². The second-order valence-corrected chi connectivity index (χ2v) is 4.88. The van der Waals surface area contributed by atoms with Crippen molar-refractivity contribution >= 4 is 0 Å². The first-order chi connectivity index (χ1) is 9.13. The smallest absolute Gasteiger partial charge is 0.128 e. The number of ether oxygens (including phenoxy) is 1. The second-order valence-electron chi connectivity index (χ2n) is 4.88. The quantitative estimate of drug-likeness (QED) is 0.904. The highest BCUT2D eigenvalue weighted by molar-refractivity contribution is 5.41. The normalized spacial score (nSPS) is 10.5. The van der Waals surface area contributed by atoms with Crippen LogP contribution in [0.3, 0.4) is 0 Å². The molecular formula is C17H20O2. The molecule has 0 aliphatic heterocycles. The van der Waals surface area contributed by atoms with Crippen molar-refractivity contribution in [2.24, 2.45) is 0 Å². The van der Waals surface area contributed by atoms with Gasteiger partial charge in [-0.05, 0) is 43.0 Å². The summed E-state index contributed by atoms with van der Waals surface area (Å²) in [4.78, 5) is 0. The van der Waals surface area contributed by atoms with Crippen LogP contribution in [0.25, 0.3) is 0 Å². The largest absolute Gasteiger partial charge is 0.488 e. The van der Waals surface area contributed by atoms with E-state index in [0.29, 0.717) is 6.61 Å². The van der Waals surface area contributed by atoms with Crippen LogP contribution in [-0.4, -0.2) is 5.11 Å². The lowest BCUT2D eigenvalue weighted by Crippen LogP contribution is -2.03. The van der Waals surface area contributed by atoms with Crippen LogP contribution in [-0.2, 0) is 13.2 Å². The molecule has 0 radical (unpaired) electrons. The highest BCUT2D eigenvalue weighted by atomic mass is 16.5. The van der Waals surface area contributed by atoms with Crippen molar-refractivity contribution in [3.63, 3.8) is 0 Å². The van der Waals surface area contributed by atoms with E-state index in [9.17, 15) is 5.11 Å². The zero-order valence-corrected chi connectivity index (χ0v) is 11.7. The SMILES string of the molecule is Cc1cccc(C)c1COc1c(C)cccc1CO. The Kier molecular flexibility index (Phi) is 4.23. The summed E-state index contributed by atoms with van der Waals surface area (Å²) in [7, 11) is 0. The number of para-hydroxylation sites is 1. The van der Waals surface area contributed by atoms with Gasteiger partial charge >= 0.3 is 0 Å². The maximum Gasteiger partial charge on any atom is 0.128 e. The predicted molar refractivity (Wildman–Crippen MR) is 77.3 cm³/mol. The second kappa shape index (κ2) is 5.89. The van der Waals surface area contributed by atoms with Crippen LogP contribution in [0.15, 0.2) is 36.4 Å². The van der Waals surface area contributed by atoms with Crippen molar-refractivity contribution in [2.45, 2.75) is 34.0 Å². The summed E-state index contributed by atoms with van der Waals surface area (Å²) in [6, 6.07) is 12.1. The Hall–Kier alpha value is -1.80. The zero-order valence-electron chi connectivity index (χ0n) is 11.7. The summed E-state index contributed by atoms with van der Waals surface area (Å²) in [5.74, 6) is 0.799. The van der Waals surface area contributed by atoms with E-state index in [4.69, 9.17) is 4.74 Å². The number of aryl methyl sites for hydroxylation is 3. The van der Waals surface area contributed by atoms with Crippen LogP contribution >= 0.6 is 0 Å². The Morgan fingerprint density at radius 3 is 2.11 bits per heavy atom. The molecule has 0 amide bonds. The summed E-state index contributed by atoms with van der Waals surface area (Å²) in [5.41, 5.74) is 5.58. The molecule has 0 spiro atoms. The third kappa shape index (κ3) is 2.96. The van der Waals surface area contributed by atoms with Gasteiger partial charge in [-0.15, -0.1) is 0 Å². The fraction of sp³-hybridized carbons (Fsp3) is 0.294. The van der Waals surface area contributed by atoms with Gasteiger partial charge < -0.3 is 9.84 Å². The molecule has 0 aliphatic rings. The summed E-state index contributed by atoms with van der Waals surface area (Å²) in [5, 5.41) is 9.37. The Balaban J connectivity index is 2.24. The number of rotatable bonds is 4. The van der Waals surface area contributed by atoms with E-state index in [1.807, 2.05) is 25.1 Å². The maximum atomic E-state index is 9.37. The molecule has 0 aromatic heterocycles. The molecule has 0 aliphatic carbocycles. The molecule has 0 fully saturated rings. The van der Waals surface area contributed by atoms with Crippen LogP contribution in [0.5, 0.6) is 5.75 Å². The van der Waals surface area contributed by atoms with Crippen LogP contribution in [0, 0.1) is 20.8 Å². The molecule has 1 N–H and O–H groups in total. The summed E-state index contributed by atoms with van der Waals surface area (Å²) in [6.45, 7) is 6.73. The van der Waals surface area contributed by atoms with Gasteiger partial charge in [0.2, 0.25) is 0 Å². The first kappa shape index (κ1) is 13.6. The van der Waals surface area contributed by atoms with Crippen molar-refractivity contribution in [3.05, 3.63) is 64.2 Å². The lowest BCUT2D eigenvalue weighted by atomic mass is 10.0. The minimum atomic E-state index is 0.00374. The molecule has 0 heterocycles. The maximum absolute atomic E-state index is 9.37. The van der Waals surface area contributed by atoms with E-state index in [2.05, 4.69) is 32.0 Å². The first-order valence-corrected chi connectivity index (χ1v) is 6.50. The lowest BCUT2D eigenvalue weighted by molar-refractivity contribution is 0.257. The molecule has 2 rings (SSSR count). The van der Waals surface area contributed by atoms with Crippen molar-refractivity contribution in [1.29, 1.82) is 0 Å². The molecule has 2 nitrogen and oxygen atoms in total. The summed E-state index contributed by atoms with van der Waals surface area (Å²) >= 11 is 0. The topological polar surface area (TPSA) is 29.5 Å². The van der Waals surface area contributed by atoms with Gasteiger partial charge in [0.05, 0.1) is 6.61 Å². The molecule has 2 aromatic carbocycles. The number of aliphatic hydroxyl groups excluding tert-OH is 1. The highest BCUT2D eigenvalue weighted by Gasteiger charge is 2.08. The predicted octanol–water partition coefficient (Wildman–Crippen LogP) is 3.68.